The molecule has 4 aromatic rings. The van der Waals surface area contributed by atoms with E-state index in [1.54, 1.807) is 4.52 Å². The van der Waals surface area contributed by atoms with Crippen molar-refractivity contribution in [2.45, 2.75) is 37.6 Å². The quantitative estimate of drug-likeness (QED) is 0.494. The van der Waals surface area contributed by atoms with E-state index in [-0.39, 0.29) is 0 Å². The molecule has 7 nitrogen and oxygen atoms in total. The molecule has 5 N–H and O–H groups in total. The van der Waals surface area contributed by atoms with Crippen molar-refractivity contribution in [3.8, 4) is 5.69 Å². The van der Waals surface area contributed by atoms with E-state index < -0.39 is 0 Å². The molecule has 148 valence electrons. The molecule has 3 heterocycles. The molecule has 0 bridgehead atoms. The zero-order valence-corrected chi connectivity index (χ0v) is 16.2. The molecule has 0 saturated heterocycles. The summed E-state index contributed by atoms with van der Waals surface area (Å²) in [6.45, 7) is 0. The summed E-state index contributed by atoms with van der Waals surface area (Å²) in [6.07, 6.45) is 10.3. The fraction of sp³-hybridized carbons (Fsp3) is 0.273. The summed E-state index contributed by atoms with van der Waals surface area (Å²) in [5, 5.41) is 7.87. The van der Waals surface area contributed by atoms with Gasteiger partial charge in [-0.2, -0.15) is 0 Å². The lowest BCUT2D eigenvalue weighted by molar-refractivity contribution is 0.391. The Morgan fingerprint density at radius 3 is 2.45 bits per heavy atom. The van der Waals surface area contributed by atoms with Crippen LogP contribution in [-0.2, 0) is 0 Å². The first-order valence-corrected chi connectivity index (χ1v) is 10.1. The average Bonchev–Trinajstić information content (AvgIpc) is 3.39. The van der Waals surface area contributed by atoms with Crippen molar-refractivity contribution < 1.29 is 0 Å². The molecule has 0 spiro atoms. The molecule has 5 rings (SSSR count). The van der Waals surface area contributed by atoms with E-state index in [1.807, 2.05) is 36.8 Å². The van der Waals surface area contributed by atoms with Gasteiger partial charge in [-0.3, -0.25) is 0 Å². The largest absolute Gasteiger partial charge is 0.382 e. The van der Waals surface area contributed by atoms with Gasteiger partial charge in [0.1, 0.15) is 5.82 Å². The molecule has 0 amide bonds. The maximum absolute atomic E-state index is 6.06. The number of hydrogen-bond donors (Lipinski definition) is 3. The van der Waals surface area contributed by atoms with E-state index in [1.165, 1.54) is 0 Å². The van der Waals surface area contributed by atoms with Crippen molar-refractivity contribution in [1.82, 2.24) is 19.2 Å². The third-order valence-electron chi connectivity index (χ3n) is 5.70. The van der Waals surface area contributed by atoms with Gasteiger partial charge in [0.2, 0.25) is 0 Å². The van der Waals surface area contributed by atoms with Crippen LogP contribution in [-0.4, -0.2) is 25.2 Å². The summed E-state index contributed by atoms with van der Waals surface area (Å²) in [5.74, 6) is 0.894. The Morgan fingerprint density at radius 2 is 1.72 bits per heavy atom. The highest BCUT2D eigenvalue weighted by atomic mass is 15.3. The van der Waals surface area contributed by atoms with Gasteiger partial charge in [-0.15, -0.1) is 5.10 Å². The number of nitrogens with zero attached hydrogens (tertiary/aromatic N) is 4. The topological polar surface area (TPSA) is 99.2 Å². The monoisotopic (exact) mass is 387 g/mol. The third-order valence-corrected chi connectivity index (χ3v) is 5.70. The van der Waals surface area contributed by atoms with Gasteiger partial charge in [0, 0.05) is 41.8 Å². The molecular formula is C22H25N7. The van der Waals surface area contributed by atoms with Gasteiger partial charge in [0.25, 0.3) is 0 Å². The molecule has 0 radical (unpaired) electrons. The first-order chi connectivity index (χ1) is 14.2. The molecule has 1 aliphatic carbocycles. The Hall–Kier alpha value is -3.32. The Bertz CT molecular complexity index is 1100. The highest BCUT2D eigenvalue weighted by Crippen LogP contribution is 2.33. The van der Waals surface area contributed by atoms with Crippen LogP contribution in [0, 0.1) is 0 Å². The molecule has 1 aliphatic rings. The van der Waals surface area contributed by atoms with Gasteiger partial charge < -0.3 is 21.4 Å². The highest BCUT2D eigenvalue weighted by Gasteiger charge is 2.23. The number of rotatable bonds is 4. The Kier molecular flexibility index (Phi) is 4.44. The van der Waals surface area contributed by atoms with E-state index in [0.29, 0.717) is 17.8 Å². The van der Waals surface area contributed by atoms with Crippen molar-refractivity contribution >= 4 is 22.8 Å². The number of nitrogens with one attached hydrogen (secondary N) is 1. The van der Waals surface area contributed by atoms with Crippen LogP contribution >= 0.6 is 0 Å². The lowest BCUT2D eigenvalue weighted by Crippen LogP contribution is -2.25. The number of benzene rings is 1. The lowest BCUT2D eigenvalue weighted by atomic mass is 9.85. The SMILES string of the molecule is Nc1cc(Nc2ccc(-n3cccc3)cc2)c2nc([C@H]3CC[C@H](N)CC3)cn2n1. The van der Waals surface area contributed by atoms with Gasteiger partial charge in [0.15, 0.2) is 5.65 Å². The normalized spacial score (nSPS) is 19.5. The van der Waals surface area contributed by atoms with Gasteiger partial charge >= 0.3 is 0 Å². The standard InChI is InChI=1S/C22H25N7/c23-16-5-3-15(4-6-16)20-14-29-22(26-20)19(13-21(24)27-29)25-17-7-9-18(10-8-17)28-11-1-2-12-28/h1-2,7-16,25H,3-6,23H2,(H2,24,27)/t15-,16-. The number of hydrogen-bond acceptors (Lipinski definition) is 5. The molecule has 1 fully saturated rings. The van der Waals surface area contributed by atoms with E-state index in [0.717, 1.165) is 54.1 Å². The minimum absolute atomic E-state index is 0.323. The zero-order chi connectivity index (χ0) is 19.8. The number of anilines is 3. The average molecular weight is 387 g/mol. The van der Waals surface area contributed by atoms with Crippen molar-refractivity contribution in [3.63, 3.8) is 0 Å². The summed E-state index contributed by atoms with van der Waals surface area (Å²) in [4.78, 5) is 4.89. The fourth-order valence-corrected chi connectivity index (χ4v) is 4.10. The number of fused-ring (bicyclic) bond motifs is 1. The first kappa shape index (κ1) is 17.8. The molecule has 3 aromatic heterocycles. The summed E-state index contributed by atoms with van der Waals surface area (Å²) in [6, 6.07) is 14.4. The predicted octanol–water partition coefficient (Wildman–Crippen LogP) is 3.83. The maximum atomic E-state index is 6.06. The van der Waals surface area contributed by atoms with Crippen LogP contribution in [0.25, 0.3) is 11.3 Å². The lowest BCUT2D eigenvalue weighted by Gasteiger charge is -2.24. The number of imidazole rings is 1. The molecular weight excluding hydrogens is 362 g/mol. The molecule has 1 aromatic carbocycles. The summed E-state index contributed by atoms with van der Waals surface area (Å²) >= 11 is 0. The van der Waals surface area contributed by atoms with Gasteiger partial charge in [-0.25, -0.2) is 9.50 Å². The van der Waals surface area contributed by atoms with Gasteiger partial charge in [-0.05, 0) is 62.1 Å². The van der Waals surface area contributed by atoms with Crippen LogP contribution in [0.5, 0.6) is 0 Å². The highest BCUT2D eigenvalue weighted by molar-refractivity contribution is 5.76. The Labute approximate surface area is 169 Å². The zero-order valence-electron chi connectivity index (χ0n) is 16.2. The first-order valence-electron chi connectivity index (χ1n) is 10.1. The second-order valence-electron chi connectivity index (χ2n) is 7.79. The maximum Gasteiger partial charge on any atom is 0.177 e. The van der Waals surface area contributed by atoms with E-state index in [2.05, 4.69) is 39.2 Å². The van der Waals surface area contributed by atoms with Crippen molar-refractivity contribution in [2.24, 2.45) is 5.73 Å². The summed E-state index contributed by atoms with van der Waals surface area (Å²) in [7, 11) is 0. The number of nitrogen functional groups attached to an aromatic ring is 1. The van der Waals surface area contributed by atoms with Gasteiger partial charge in [0.05, 0.1) is 17.6 Å². The van der Waals surface area contributed by atoms with E-state index >= 15 is 0 Å². The number of nitrogens with two attached hydrogens (primary N) is 2. The second-order valence-corrected chi connectivity index (χ2v) is 7.79. The number of aromatic nitrogens is 4. The van der Waals surface area contributed by atoms with E-state index in [4.69, 9.17) is 16.5 Å². The van der Waals surface area contributed by atoms with Crippen molar-refractivity contribution in [1.29, 1.82) is 0 Å². The van der Waals surface area contributed by atoms with Crippen LogP contribution < -0.4 is 16.8 Å². The summed E-state index contributed by atoms with van der Waals surface area (Å²) < 4.78 is 3.86. The second kappa shape index (κ2) is 7.25. The predicted molar refractivity (Wildman–Crippen MR) is 116 cm³/mol. The summed E-state index contributed by atoms with van der Waals surface area (Å²) in [5.41, 5.74) is 16.9. The fourth-order valence-electron chi connectivity index (χ4n) is 4.10. The molecule has 0 atom stereocenters. The minimum atomic E-state index is 0.323. The molecule has 29 heavy (non-hydrogen) atoms. The van der Waals surface area contributed by atoms with Crippen molar-refractivity contribution in [3.05, 3.63) is 66.7 Å². The Morgan fingerprint density at radius 1 is 1.00 bits per heavy atom. The van der Waals surface area contributed by atoms with Crippen LogP contribution in [0.1, 0.15) is 37.3 Å². The molecule has 0 unspecified atom stereocenters. The van der Waals surface area contributed by atoms with E-state index in [9.17, 15) is 0 Å². The molecule has 1 saturated carbocycles. The smallest absolute Gasteiger partial charge is 0.177 e. The molecule has 0 aliphatic heterocycles. The Balaban J connectivity index is 1.43. The van der Waals surface area contributed by atoms with Gasteiger partial charge in [-0.1, -0.05) is 0 Å². The van der Waals surface area contributed by atoms with Crippen LogP contribution in [0.3, 0.4) is 0 Å². The van der Waals surface area contributed by atoms with Crippen molar-refractivity contribution in [2.75, 3.05) is 11.1 Å². The van der Waals surface area contributed by atoms with Crippen LogP contribution in [0.4, 0.5) is 17.2 Å². The van der Waals surface area contributed by atoms with Crippen LogP contribution in [0.2, 0.25) is 0 Å². The molecule has 7 heteroatoms. The minimum Gasteiger partial charge on any atom is -0.382 e. The third kappa shape index (κ3) is 3.56. The van der Waals surface area contributed by atoms with Crippen LogP contribution in [0.15, 0.2) is 61.1 Å².